The maximum atomic E-state index is 12.4. The molecular weight excluding hydrogens is 448 g/mol. The summed E-state index contributed by atoms with van der Waals surface area (Å²) in [6, 6.07) is 0. The number of hydrogen-bond donors (Lipinski definition) is 1. The van der Waals surface area contributed by atoms with E-state index in [4.69, 9.17) is 9.84 Å². The lowest BCUT2D eigenvalue weighted by Gasteiger charge is -2.18. The zero-order valence-corrected chi connectivity index (χ0v) is 24.3. The molecule has 0 spiro atoms. The Bertz CT molecular complexity index is 477. The average molecular weight is 511 g/mol. The topological polar surface area (TPSA) is 63.6 Å². The highest BCUT2D eigenvalue weighted by Gasteiger charge is 2.14. The summed E-state index contributed by atoms with van der Waals surface area (Å²) in [5, 5.41) is 8.88. The first kappa shape index (κ1) is 34.9. The molecular formula is C32H62O4. The van der Waals surface area contributed by atoms with E-state index in [1.54, 1.807) is 0 Å². The number of unbranched alkanes of at least 4 members (excludes halogenated alkanes) is 20. The molecule has 0 radical (unpaired) electrons. The maximum Gasteiger partial charge on any atom is 0.306 e. The van der Waals surface area contributed by atoms with Gasteiger partial charge in [-0.05, 0) is 38.5 Å². The van der Waals surface area contributed by atoms with Gasteiger partial charge in [0.25, 0.3) is 0 Å². The number of carbonyl (C=O) groups excluding carboxylic acids is 1. The summed E-state index contributed by atoms with van der Waals surface area (Å²) >= 11 is 0. The Labute approximate surface area is 224 Å². The van der Waals surface area contributed by atoms with Crippen LogP contribution in [-0.4, -0.2) is 23.1 Å². The minimum absolute atomic E-state index is 0.0342. The van der Waals surface area contributed by atoms with Crippen molar-refractivity contribution in [2.45, 2.75) is 193 Å². The fraction of sp³-hybridized carbons (Fsp3) is 0.938. The van der Waals surface area contributed by atoms with Crippen molar-refractivity contribution in [1.29, 1.82) is 0 Å². The van der Waals surface area contributed by atoms with Crippen LogP contribution in [0, 0.1) is 0 Å². The molecule has 4 nitrogen and oxygen atoms in total. The van der Waals surface area contributed by atoms with Gasteiger partial charge < -0.3 is 9.84 Å². The lowest BCUT2D eigenvalue weighted by molar-refractivity contribution is -0.150. The Morgan fingerprint density at radius 2 is 0.833 bits per heavy atom. The second-order valence-corrected chi connectivity index (χ2v) is 11.0. The van der Waals surface area contributed by atoms with Gasteiger partial charge >= 0.3 is 11.9 Å². The van der Waals surface area contributed by atoms with Crippen LogP contribution in [-0.2, 0) is 14.3 Å². The molecule has 0 bridgehead atoms. The van der Waals surface area contributed by atoms with E-state index in [-0.39, 0.29) is 18.5 Å². The highest BCUT2D eigenvalue weighted by atomic mass is 16.5. The standard InChI is InChI=1S/C32H62O4/c1-3-5-7-9-11-13-15-17-19-21-23-29-32(35)36-30(27-24-25-28-31(33)34)26-22-20-18-16-14-12-10-8-6-4-2/h30H,3-29H2,1-2H3,(H,33,34). The summed E-state index contributed by atoms with van der Waals surface area (Å²) in [5.41, 5.74) is 0. The van der Waals surface area contributed by atoms with E-state index < -0.39 is 5.97 Å². The molecule has 0 aliphatic rings. The van der Waals surface area contributed by atoms with Crippen molar-refractivity contribution >= 4 is 11.9 Å². The van der Waals surface area contributed by atoms with Gasteiger partial charge in [0.1, 0.15) is 6.10 Å². The highest BCUT2D eigenvalue weighted by molar-refractivity contribution is 5.69. The summed E-state index contributed by atoms with van der Waals surface area (Å²) in [5.74, 6) is -0.795. The molecule has 0 aliphatic heterocycles. The van der Waals surface area contributed by atoms with E-state index in [1.165, 1.54) is 116 Å². The molecule has 0 amide bonds. The van der Waals surface area contributed by atoms with Crippen molar-refractivity contribution in [1.82, 2.24) is 0 Å². The van der Waals surface area contributed by atoms with Crippen LogP contribution in [0.4, 0.5) is 0 Å². The van der Waals surface area contributed by atoms with Gasteiger partial charge in [-0.3, -0.25) is 9.59 Å². The van der Waals surface area contributed by atoms with Crippen molar-refractivity contribution < 1.29 is 19.4 Å². The number of rotatable bonds is 29. The average Bonchev–Trinajstić information content (AvgIpc) is 2.85. The van der Waals surface area contributed by atoms with Crippen molar-refractivity contribution in [3.05, 3.63) is 0 Å². The van der Waals surface area contributed by atoms with Crippen molar-refractivity contribution in [2.24, 2.45) is 0 Å². The third kappa shape index (κ3) is 27.5. The number of carboxylic acid groups (broad SMARTS) is 1. The van der Waals surface area contributed by atoms with Gasteiger partial charge in [-0.2, -0.15) is 0 Å². The van der Waals surface area contributed by atoms with Gasteiger partial charge in [0.15, 0.2) is 0 Å². The number of ether oxygens (including phenoxy) is 1. The lowest BCUT2D eigenvalue weighted by Crippen LogP contribution is -2.18. The minimum Gasteiger partial charge on any atom is -0.481 e. The van der Waals surface area contributed by atoms with Gasteiger partial charge in [-0.1, -0.05) is 136 Å². The molecule has 4 heteroatoms. The Hall–Kier alpha value is -1.06. The van der Waals surface area contributed by atoms with E-state index in [2.05, 4.69) is 13.8 Å². The second kappa shape index (κ2) is 28.5. The normalized spacial score (nSPS) is 12.1. The molecule has 0 aliphatic carbocycles. The Balaban J connectivity index is 3.92. The number of hydrogen-bond acceptors (Lipinski definition) is 3. The highest BCUT2D eigenvalue weighted by Crippen LogP contribution is 2.18. The Morgan fingerprint density at radius 3 is 1.25 bits per heavy atom. The molecule has 0 aromatic rings. The van der Waals surface area contributed by atoms with Crippen LogP contribution in [0.2, 0.25) is 0 Å². The van der Waals surface area contributed by atoms with Gasteiger partial charge in [0.2, 0.25) is 0 Å². The number of esters is 1. The number of aliphatic carboxylic acids is 1. The second-order valence-electron chi connectivity index (χ2n) is 11.0. The Morgan fingerprint density at radius 1 is 0.500 bits per heavy atom. The SMILES string of the molecule is CCCCCCCCCCCCCC(=O)OC(CCCCCCCCCCCC)CCCCC(=O)O. The molecule has 1 unspecified atom stereocenters. The zero-order valence-electron chi connectivity index (χ0n) is 24.3. The molecule has 0 heterocycles. The molecule has 1 N–H and O–H groups in total. The Kier molecular flexibility index (Phi) is 27.7. The van der Waals surface area contributed by atoms with Crippen LogP contribution >= 0.6 is 0 Å². The van der Waals surface area contributed by atoms with Crippen LogP contribution in [0.15, 0.2) is 0 Å². The molecule has 0 aromatic carbocycles. The van der Waals surface area contributed by atoms with E-state index in [1.807, 2.05) is 0 Å². The smallest absolute Gasteiger partial charge is 0.306 e. The molecule has 1 atom stereocenters. The fourth-order valence-electron chi connectivity index (χ4n) is 4.95. The summed E-state index contributed by atoms with van der Waals surface area (Å²) in [7, 11) is 0. The van der Waals surface area contributed by atoms with E-state index in [0.29, 0.717) is 12.8 Å². The summed E-state index contributed by atoms with van der Waals surface area (Å²) in [6.45, 7) is 4.52. The van der Waals surface area contributed by atoms with Crippen LogP contribution in [0.1, 0.15) is 187 Å². The van der Waals surface area contributed by atoms with Crippen LogP contribution in [0.5, 0.6) is 0 Å². The quantitative estimate of drug-likeness (QED) is 0.0802. The molecule has 0 saturated carbocycles. The summed E-state index contributed by atoms with van der Waals surface area (Å²) < 4.78 is 5.85. The van der Waals surface area contributed by atoms with E-state index >= 15 is 0 Å². The molecule has 0 saturated heterocycles. The van der Waals surface area contributed by atoms with Crippen molar-refractivity contribution in [2.75, 3.05) is 0 Å². The van der Waals surface area contributed by atoms with Crippen LogP contribution in [0.25, 0.3) is 0 Å². The number of carbonyl (C=O) groups is 2. The maximum absolute atomic E-state index is 12.4. The molecule has 0 fully saturated rings. The fourth-order valence-corrected chi connectivity index (χ4v) is 4.95. The molecule has 0 aromatic heterocycles. The molecule has 214 valence electrons. The predicted octanol–water partition coefficient (Wildman–Crippen LogP) is 10.6. The van der Waals surface area contributed by atoms with Crippen molar-refractivity contribution in [3.63, 3.8) is 0 Å². The van der Waals surface area contributed by atoms with Crippen LogP contribution < -0.4 is 0 Å². The lowest BCUT2D eigenvalue weighted by atomic mass is 10.0. The number of carboxylic acids is 1. The van der Waals surface area contributed by atoms with Gasteiger partial charge in [0, 0.05) is 12.8 Å². The largest absolute Gasteiger partial charge is 0.481 e. The van der Waals surface area contributed by atoms with Gasteiger partial charge in [0.05, 0.1) is 0 Å². The zero-order chi connectivity index (χ0) is 26.5. The minimum atomic E-state index is -0.741. The third-order valence-electron chi connectivity index (χ3n) is 7.33. The first-order valence-corrected chi connectivity index (χ1v) is 16.0. The summed E-state index contributed by atoms with van der Waals surface area (Å²) in [6.07, 6.45) is 31.0. The monoisotopic (exact) mass is 510 g/mol. The third-order valence-corrected chi connectivity index (χ3v) is 7.33. The van der Waals surface area contributed by atoms with Crippen molar-refractivity contribution in [3.8, 4) is 0 Å². The van der Waals surface area contributed by atoms with Crippen LogP contribution in [0.3, 0.4) is 0 Å². The van der Waals surface area contributed by atoms with E-state index in [9.17, 15) is 9.59 Å². The van der Waals surface area contributed by atoms with E-state index in [0.717, 1.165) is 38.5 Å². The first-order valence-electron chi connectivity index (χ1n) is 16.0. The van der Waals surface area contributed by atoms with Gasteiger partial charge in [-0.25, -0.2) is 0 Å². The first-order chi connectivity index (χ1) is 17.6. The molecule has 36 heavy (non-hydrogen) atoms. The predicted molar refractivity (Wildman–Crippen MR) is 154 cm³/mol. The summed E-state index contributed by atoms with van der Waals surface area (Å²) in [4.78, 5) is 23.2. The van der Waals surface area contributed by atoms with Gasteiger partial charge in [-0.15, -0.1) is 0 Å². The molecule has 0 rings (SSSR count).